The average molecular weight is 444 g/mol. The molecule has 0 bridgehead atoms. The fourth-order valence-electron chi connectivity index (χ4n) is 2.86. The van der Waals surface area contributed by atoms with Gasteiger partial charge in [0.15, 0.2) is 0 Å². The zero-order chi connectivity index (χ0) is 23.3. The average Bonchev–Trinajstić information content (AvgIpc) is 2.77. The molecule has 1 amide bonds. The SMILES string of the molecule is O=C(O[C@@H](C(=O)Nc1cccc(C(F)(F)F)c1)c1ccccc1)c1ccccc1[N+](=O)[O-]. The minimum atomic E-state index is -4.61. The van der Waals surface area contributed by atoms with Gasteiger partial charge in [0.05, 0.1) is 10.5 Å². The predicted molar refractivity (Wildman–Crippen MR) is 108 cm³/mol. The number of nitrogens with one attached hydrogen (secondary N) is 1. The summed E-state index contributed by atoms with van der Waals surface area (Å²) in [5.41, 5.74) is -1.78. The normalized spacial score (nSPS) is 12.0. The van der Waals surface area contributed by atoms with Gasteiger partial charge in [-0.2, -0.15) is 13.2 Å². The molecule has 10 heteroatoms. The van der Waals surface area contributed by atoms with Gasteiger partial charge in [0.1, 0.15) is 5.56 Å². The second-order valence-corrected chi connectivity index (χ2v) is 6.54. The molecular weight excluding hydrogens is 429 g/mol. The quantitative estimate of drug-likeness (QED) is 0.322. The van der Waals surface area contributed by atoms with Gasteiger partial charge in [0, 0.05) is 17.3 Å². The molecular formula is C22H15F3N2O5. The first kappa shape index (κ1) is 22.5. The van der Waals surface area contributed by atoms with Crippen LogP contribution in [-0.4, -0.2) is 16.8 Å². The molecule has 3 aromatic rings. The Bertz CT molecular complexity index is 1150. The lowest BCUT2D eigenvalue weighted by Crippen LogP contribution is -2.26. The van der Waals surface area contributed by atoms with Crippen molar-refractivity contribution in [1.82, 2.24) is 0 Å². The Morgan fingerprint density at radius 2 is 1.59 bits per heavy atom. The number of hydrogen-bond donors (Lipinski definition) is 1. The van der Waals surface area contributed by atoms with Gasteiger partial charge >= 0.3 is 12.1 Å². The van der Waals surface area contributed by atoms with E-state index in [4.69, 9.17) is 4.74 Å². The van der Waals surface area contributed by atoms with Crippen LogP contribution < -0.4 is 5.32 Å². The van der Waals surface area contributed by atoms with Crippen LogP contribution in [0.5, 0.6) is 0 Å². The van der Waals surface area contributed by atoms with Gasteiger partial charge in [-0.15, -0.1) is 0 Å². The van der Waals surface area contributed by atoms with E-state index >= 15 is 0 Å². The van der Waals surface area contributed by atoms with Crippen molar-refractivity contribution in [1.29, 1.82) is 0 Å². The van der Waals surface area contributed by atoms with Crippen molar-refractivity contribution in [3.05, 3.63) is 106 Å². The van der Waals surface area contributed by atoms with Crippen LogP contribution in [0.15, 0.2) is 78.9 Å². The number of rotatable bonds is 6. The highest BCUT2D eigenvalue weighted by molar-refractivity contribution is 5.99. The van der Waals surface area contributed by atoms with E-state index in [-0.39, 0.29) is 16.8 Å². The molecule has 1 atom stereocenters. The van der Waals surface area contributed by atoms with Crippen molar-refractivity contribution in [3.63, 3.8) is 0 Å². The second-order valence-electron chi connectivity index (χ2n) is 6.54. The Labute approximate surface area is 179 Å². The molecule has 0 saturated heterocycles. The number of benzene rings is 3. The predicted octanol–water partition coefficient (Wildman–Crippen LogP) is 5.15. The highest BCUT2D eigenvalue weighted by Gasteiger charge is 2.32. The van der Waals surface area contributed by atoms with Gasteiger partial charge in [-0.1, -0.05) is 48.5 Å². The van der Waals surface area contributed by atoms with Gasteiger partial charge in [0.2, 0.25) is 6.10 Å². The van der Waals surface area contributed by atoms with E-state index in [0.29, 0.717) is 0 Å². The minimum absolute atomic E-state index is 0.160. The number of nitrogens with zero attached hydrogens (tertiary/aromatic N) is 1. The van der Waals surface area contributed by atoms with E-state index in [1.807, 2.05) is 0 Å². The molecule has 0 radical (unpaired) electrons. The molecule has 0 heterocycles. The summed E-state index contributed by atoms with van der Waals surface area (Å²) >= 11 is 0. The lowest BCUT2D eigenvalue weighted by molar-refractivity contribution is -0.385. The third kappa shape index (κ3) is 5.28. The third-order valence-corrected chi connectivity index (χ3v) is 4.34. The number of hydrogen-bond acceptors (Lipinski definition) is 5. The molecule has 0 aliphatic rings. The third-order valence-electron chi connectivity index (χ3n) is 4.34. The van der Waals surface area contributed by atoms with Crippen LogP contribution in [0.25, 0.3) is 0 Å². The van der Waals surface area contributed by atoms with Crippen molar-refractivity contribution in [2.75, 3.05) is 5.32 Å². The second kappa shape index (κ2) is 9.29. The number of nitro groups is 1. The maximum atomic E-state index is 13.0. The first-order valence-electron chi connectivity index (χ1n) is 9.14. The summed E-state index contributed by atoms with van der Waals surface area (Å²) in [5.74, 6) is -2.06. The van der Waals surface area contributed by atoms with Crippen LogP contribution >= 0.6 is 0 Å². The number of esters is 1. The zero-order valence-electron chi connectivity index (χ0n) is 16.2. The number of alkyl halides is 3. The minimum Gasteiger partial charge on any atom is -0.443 e. The Morgan fingerprint density at radius 3 is 2.25 bits per heavy atom. The molecule has 7 nitrogen and oxygen atoms in total. The maximum absolute atomic E-state index is 13.0. The number of para-hydroxylation sites is 1. The standard InChI is InChI=1S/C22H15F3N2O5/c23-22(24,25)15-9-6-10-16(13-15)26-20(28)19(14-7-2-1-3-8-14)32-21(29)17-11-4-5-12-18(17)27(30)31/h1-13,19H,(H,26,28)/t19-/m1/s1. The largest absolute Gasteiger partial charge is 0.443 e. The van der Waals surface area contributed by atoms with E-state index in [1.165, 1.54) is 36.4 Å². The van der Waals surface area contributed by atoms with Crippen molar-refractivity contribution in [3.8, 4) is 0 Å². The number of ether oxygens (including phenoxy) is 1. The number of amides is 1. The van der Waals surface area contributed by atoms with E-state index in [0.717, 1.165) is 24.3 Å². The van der Waals surface area contributed by atoms with Crippen molar-refractivity contribution in [2.45, 2.75) is 12.3 Å². The Morgan fingerprint density at radius 1 is 0.938 bits per heavy atom. The number of nitro benzene ring substituents is 1. The topological polar surface area (TPSA) is 98.5 Å². The van der Waals surface area contributed by atoms with E-state index < -0.39 is 40.3 Å². The Kier molecular flexibility index (Phi) is 6.53. The monoisotopic (exact) mass is 444 g/mol. The van der Waals surface area contributed by atoms with E-state index in [1.54, 1.807) is 18.2 Å². The number of halogens is 3. The first-order chi connectivity index (χ1) is 15.2. The molecule has 164 valence electrons. The summed E-state index contributed by atoms with van der Waals surface area (Å²) in [6.45, 7) is 0. The fraction of sp³-hybridized carbons (Fsp3) is 0.0909. The number of carbonyl (C=O) groups excluding carboxylic acids is 2. The summed E-state index contributed by atoms with van der Waals surface area (Å²) in [5, 5.41) is 13.5. The molecule has 0 unspecified atom stereocenters. The number of anilines is 1. The molecule has 0 spiro atoms. The summed E-state index contributed by atoms with van der Waals surface area (Å²) < 4.78 is 44.1. The van der Waals surface area contributed by atoms with Crippen molar-refractivity contribution < 1.29 is 32.4 Å². The van der Waals surface area contributed by atoms with Crippen molar-refractivity contribution in [2.24, 2.45) is 0 Å². The summed E-state index contributed by atoms with van der Waals surface area (Å²) in [6, 6.07) is 16.7. The summed E-state index contributed by atoms with van der Waals surface area (Å²) in [4.78, 5) is 35.9. The summed E-state index contributed by atoms with van der Waals surface area (Å²) in [7, 11) is 0. The lowest BCUT2D eigenvalue weighted by atomic mass is 10.1. The highest BCUT2D eigenvalue weighted by Crippen LogP contribution is 2.31. The van der Waals surface area contributed by atoms with Crippen LogP contribution in [0.4, 0.5) is 24.5 Å². The molecule has 0 aromatic heterocycles. The smallest absolute Gasteiger partial charge is 0.416 e. The van der Waals surface area contributed by atoms with Crippen LogP contribution in [-0.2, 0) is 15.7 Å². The molecule has 3 rings (SSSR count). The van der Waals surface area contributed by atoms with Gasteiger partial charge in [0.25, 0.3) is 11.6 Å². The molecule has 32 heavy (non-hydrogen) atoms. The zero-order valence-corrected chi connectivity index (χ0v) is 16.2. The fourth-order valence-corrected chi connectivity index (χ4v) is 2.86. The van der Waals surface area contributed by atoms with Gasteiger partial charge < -0.3 is 10.1 Å². The van der Waals surface area contributed by atoms with E-state index in [9.17, 15) is 32.9 Å². The van der Waals surface area contributed by atoms with Crippen LogP contribution in [0.2, 0.25) is 0 Å². The number of carbonyl (C=O) groups is 2. The van der Waals surface area contributed by atoms with Crippen molar-refractivity contribution >= 4 is 23.3 Å². The van der Waals surface area contributed by atoms with Gasteiger partial charge in [-0.05, 0) is 24.3 Å². The molecule has 1 N–H and O–H groups in total. The molecule has 0 aliphatic carbocycles. The Hall–Kier alpha value is -4.21. The maximum Gasteiger partial charge on any atom is 0.416 e. The molecule has 3 aromatic carbocycles. The van der Waals surface area contributed by atoms with Crippen LogP contribution in [0.1, 0.15) is 27.6 Å². The first-order valence-corrected chi connectivity index (χ1v) is 9.14. The van der Waals surface area contributed by atoms with Crippen LogP contribution in [0.3, 0.4) is 0 Å². The van der Waals surface area contributed by atoms with Gasteiger partial charge in [-0.3, -0.25) is 14.9 Å². The molecule has 0 aliphatic heterocycles. The molecule has 0 fully saturated rings. The van der Waals surface area contributed by atoms with Crippen LogP contribution in [0, 0.1) is 10.1 Å². The molecule has 0 saturated carbocycles. The Balaban J connectivity index is 1.90. The highest BCUT2D eigenvalue weighted by atomic mass is 19.4. The van der Waals surface area contributed by atoms with E-state index in [2.05, 4.69) is 5.32 Å². The summed E-state index contributed by atoms with van der Waals surface area (Å²) in [6.07, 6.45) is -6.18. The van der Waals surface area contributed by atoms with Gasteiger partial charge in [-0.25, -0.2) is 4.79 Å². The lowest BCUT2D eigenvalue weighted by Gasteiger charge is -2.18.